The molecule has 0 aliphatic rings. The Balaban J connectivity index is 2.11. The summed E-state index contributed by atoms with van der Waals surface area (Å²) in [7, 11) is 0. The molecule has 6 heteroatoms. The summed E-state index contributed by atoms with van der Waals surface area (Å²) in [6, 6.07) is 9.03. The van der Waals surface area contributed by atoms with Crippen LogP contribution in [0.2, 0.25) is 0 Å². The van der Waals surface area contributed by atoms with Gasteiger partial charge in [0.15, 0.2) is 11.5 Å². The van der Waals surface area contributed by atoms with Gasteiger partial charge in [0, 0.05) is 30.1 Å². The van der Waals surface area contributed by atoms with Crippen molar-refractivity contribution in [2.24, 2.45) is 0 Å². The number of carbonyl (C=O) groups excluding carboxylic acids is 1. The Morgan fingerprint density at radius 2 is 1.79 bits per heavy atom. The fourth-order valence-electron chi connectivity index (χ4n) is 1.62. The summed E-state index contributed by atoms with van der Waals surface area (Å²) in [5.74, 6) is -0.111. The van der Waals surface area contributed by atoms with E-state index in [0.29, 0.717) is 10.9 Å². The van der Waals surface area contributed by atoms with Crippen LogP contribution in [0.25, 0.3) is 0 Å². The maximum Gasteiger partial charge on any atom is 0.182 e. The molecule has 0 bridgehead atoms. The lowest BCUT2D eigenvalue weighted by Gasteiger charge is -2.11. The minimum atomic E-state index is -1.01. The second-order valence-electron chi connectivity index (χ2n) is 4.06. The molecule has 1 heterocycles. The molecule has 3 N–H and O–H groups in total. The summed E-state index contributed by atoms with van der Waals surface area (Å²) in [6.07, 6.45) is 3.32. The molecule has 1 atom stereocenters. The molecule has 0 saturated heterocycles. The molecule has 2 rings (SSSR count). The Labute approximate surface area is 109 Å². The maximum atomic E-state index is 12.0. The normalized spacial score (nSPS) is 12.1. The number of nitrogens with zero attached hydrogens (tertiary/aromatic N) is 1. The summed E-state index contributed by atoms with van der Waals surface area (Å²) in [6.45, 7) is 0.159. The molecule has 98 valence electrons. The van der Waals surface area contributed by atoms with Crippen LogP contribution < -0.4 is 10.6 Å². The van der Waals surface area contributed by atoms with Crippen molar-refractivity contribution in [1.29, 1.82) is 5.41 Å². The number of carbonyl (C=O) groups is 1. The SMILES string of the molecule is N=c1ccn(CC(=O)c2ccc([NH+]([O-])O)cc2)cc1. The number of quaternary nitrogens is 1. The maximum absolute atomic E-state index is 12.0. The lowest BCUT2D eigenvalue weighted by molar-refractivity contribution is -0.991. The zero-order chi connectivity index (χ0) is 13.8. The third-order valence-electron chi connectivity index (χ3n) is 2.67. The molecule has 0 amide bonds. The van der Waals surface area contributed by atoms with Crippen molar-refractivity contribution in [2.45, 2.75) is 6.54 Å². The first-order chi connectivity index (χ1) is 9.06. The third kappa shape index (κ3) is 3.35. The summed E-state index contributed by atoms with van der Waals surface area (Å²) < 4.78 is 1.67. The Kier molecular flexibility index (Phi) is 3.86. The van der Waals surface area contributed by atoms with Gasteiger partial charge in [0.05, 0.1) is 11.9 Å². The van der Waals surface area contributed by atoms with Crippen LogP contribution in [-0.4, -0.2) is 15.6 Å². The molecule has 0 saturated carbocycles. The second-order valence-corrected chi connectivity index (χ2v) is 4.06. The highest BCUT2D eigenvalue weighted by molar-refractivity contribution is 5.96. The topological polar surface area (TPSA) is 93.6 Å². The van der Waals surface area contributed by atoms with Crippen molar-refractivity contribution < 1.29 is 15.2 Å². The summed E-state index contributed by atoms with van der Waals surface area (Å²) in [4.78, 5) is 12.0. The van der Waals surface area contributed by atoms with Gasteiger partial charge in [0.25, 0.3) is 0 Å². The molecule has 0 radical (unpaired) electrons. The molecule has 0 fully saturated rings. The summed E-state index contributed by atoms with van der Waals surface area (Å²) in [5.41, 5.74) is 0.621. The number of hydrogen-bond acceptors (Lipinski definition) is 4. The minimum absolute atomic E-state index is 0.111. The first-order valence-electron chi connectivity index (χ1n) is 5.63. The van der Waals surface area contributed by atoms with Crippen LogP contribution in [-0.2, 0) is 6.54 Å². The van der Waals surface area contributed by atoms with Crippen LogP contribution in [0.1, 0.15) is 10.4 Å². The number of Topliss-reactive ketones (excluding diaryl/α,β-unsaturated/α-hetero) is 1. The predicted molar refractivity (Wildman–Crippen MR) is 66.8 cm³/mol. The molecule has 1 aromatic heterocycles. The van der Waals surface area contributed by atoms with Crippen LogP contribution in [0.3, 0.4) is 0 Å². The van der Waals surface area contributed by atoms with Crippen molar-refractivity contribution in [1.82, 2.24) is 4.57 Å². The van der Waals surface area contributed by atoms with E-state index in [1.807, 2.05) is 0 Å². The van der Waals surface area contributed by atoms with E-state index in [2.05, 4.69) is 0 Å². The quantitative estimate of drug-likeness (QED) is 0.543. The van der Waals surface area contributed by atoms with Gasteiger partial charge in [-0.25, -0.2) is 5.21 Å². The zero-order valence-corrected chi connectivity index (χ0v) is 10.0. The van der Waals surface area contributed by atoms with E-state index in [-0.39, 0.29) is 18.0 Å². The molecule has 0 aliphatic heterocycles. The molecule has 19 heavy (non-hydrogen) atoms. The molecule has 1 unspecified atom stereocenters. The molecule has 6 nitrogen and oxygen atoms in total. The van der Waals surface area contributed by atoms with Gasteiger partial charge in [-0.15, -0.1) is 0 Å². The van der Waals surface area contributed by atoms with Crippen LogP contribution >= 0.6 is 0 Å². The first-order valence-corrected chi connectivity index (χ1v) is 5.63. The van der Waals surface area contributed by atoms with Gasteiger partial charge < -0.3 is 15.2 Å². The number of rotatable bonds is 4. The highest BCUT2D eigenvalue weighted by atomic mass is 16.8. The van der Waals surface area contributed by atoms with Crippen molar-refractivity contribution >= 4 is 11.5 Å². The van der Waals surface area contributed by atoms with Crippen LogP contribution in [0.15, 0.2) is 48.8 Å². The van der Waals surface area contributed by atoms with Gasteiger partial charge in [-0.1, -0.05) is 0 Å². The lowest BCUT2D eigenvalue weighted by Crippen LogP contribution is -2.99. The molecule has 1 aromatic carbocycles. The predicted octanol–water partition coefficient (Wildman–Crippen LogP) is 0.254. The number of ketones is 1. The molecule has 0 spiro atoms. The average Bonchev–Trinajstić information content (AvgIpc) is 2.41. The average molecular weight is 259 g/mol. The Morgan fingerprint density at radius 3 is 2.32 bits per heavy atom. The molecular weight excluding hydrogens is 246 g/mol. The van der Waals surface area contributed by atoms with E-state index in [1.54, 1.807) is 29.1 Å². The van der Waals surface area contributed by atoms with Gasteiger partial charge in [-0.2, -0.15) is 5.23 Å². The third-order valence-corrected chi connectivity index (χ3v) is 2.67. The first kappa shape index (κ1) is 13.2. The Morgan fingerprint density at radius 1 is 1.21 bits per heavy atom. The van der Waals surface area contributed by atoms with E-state index < -0.39 is 5.23 Å². The van der Waals surface area contributed by atoms with Gasteiger partial charge in [-0.05, 0) is 24.3 Å². The fraction of sp³-hybridized carbons (Fsp3) is 0.0769. The van der Waals surface area contributed by atoms with Crippen LogP contribution in [0.4, 0.5) is 5.69 Å². The van der Waals surface area contributed by atoms with E-state index >= 15 is 0 Å². The minimum Gasteiger partial charge on any atom is -0.595 e. The van der Waals surface area contributed by atoms with Gasteiger partial charge >= 0.3 is 0 Å². The van der Waals surface area contributed by atoms with Gasteiger partial charge in [0.1, 0.15) is 0 Å². The standard InChI is InChI=1S/C13H13N3O3/c14-11-5-7-15(8-6-11)9-13(17)10-1-3-12(4-2-10)16(18)19/h1-8,14,16,18H,9H2. The highest BCUT2D eigenvalue weighted by Gasteiger charge is 2.07. The summed E-state index contributed by atoms with van der Waals surface area (Å²) in [5, 5.41) is 26.2. The smallest absolute Gasteiger partial charge is 0.182 e. The van der Waals surface area contributed by atoms with Crippen molar-refractivity contribution in [2.75, 3.05) is 0 Å². The number of aromatic nitrogens is 1. The molecule has 2 aromatic rings. The Bertz CT molecular complexity index is 612. The summed E-state index contributed by atoms with van der Waals surface area (Å²) >= 11 is 0. The zero-order valence-electron chi connectivity index (χ0n) is 10.0. The number of benzene rings is 1. The number of hydrogen-bond donors (Lipinski definition) is 3. The Hall–Kier alpha value is -2.28. The largest absolute Gasteiger partial charge is 0.595 e. The van der Waals surface area contributed by atoms with Gasteiger partial charge in [-0.3, -0.25) is 4.79 Å². The molecular formula is C13H13N3O3. The lowest BCUT2D eigenvalue weighted by atomic mass is 10.1. The highest BCUT2D eigenvalue weighted by Crippen LogP contribution is 2.07. The van der Waals surface area contributed by atoms with E-state index in [0.717, 1.165) is 0 Å². The van der Waals surface area contributed by atoms with E-state index in [4.69, 9.17) is 10.6 Å². The van der Waals surface area contributed by atoms with Crippen LogP contribution in [0, 0.1) is 10.6 Å². The van der Waals surface area contributed by atoms with Crippen LogP contribution in [0.5, 0.6) is 0 Å². The van der Waals surface area contributed by atoms with E-state index in [9.17, 15) is 10.0 Å². The monoisotopic (exact) mass is 259 g/mol. The number of nitrogens with one attached hydrogen (secondary N) is 2. The van der Waals surface area contributed by atoms with Crippen molar-refractivity contribution in [3.63, 3.8) is 0 Å². The van der Waals surface area contributed by atoms with Crippen molar-refractivity contribution in [3.05, 3.63) is 64.9 Å². The fourth-order valence-corrected chi connectivity index (χ4v) is 1.62. The second kappa shape index (κ2) is 5.57. The van der Waals surface area contributed by atoms with Crippen molar-refractivity contribution in [3.8, 4) is 0 Å². The number of pyridine rings is 1. The van der Waals surface area contributed by atoms with E-state index in [1.165, 1.54) is 24.3 Å². The van der Waals surface area contributed by atoms with Gasteiger partial charge in [0.2, 0.25) is 0 Å². The molecule has 0 aliphatic carbocycles.